The van der Waals surface area contributed by atoms with Gasteiger partial charge in [0.05, 0.1) is 12.7 Å². The van der Waals surface area contributed by atoms with Crippen molar-refractivity contribution in [1.82, 2.24) is 0 Å². The van der Waals surface area contributed by atoms with Crippen molar-refractivity contribution in [2.24, 2.45) is 5.92 Å². The largest absolute Gasteiger partial charge is 0.378 e. The van der Waals surface area contributed by atoms with E-state index in [4.69, 9.17) is 11.2 Å². The summed E-state index contributed by atoms with van der Waals surface area (Å²) in [5.41, 5.74) is 0. The molecular weight excluding hydrogens is 112 g/mol. The topological polar surface area (TPSA) is 9.23 Å². The lowest BCUT2D eigenvalue weighted by Gasteiger charge is -2.08. The van der Waals surface area contributed by atoms with Gasteiger partial charge in [0.25, 0.3) is 0 Å². The molecular formula is C8H14O. The first-order valence-corrected chi connectivity index (χ1v) is 3.24. The minimum atomic E-state index is 0.243. The third-order valence-corrected chi connectivity index (χ3v) is 0.964. The first kappa shape index (κ1) is 8.52. The first-order chi connectivity index (χ1) is 4.16. The van der Waals surface area contributed by atoms with Crippen molar-refractivity contribution in [2.45, 2.75) is 26.9 Å². The van der Waals surface area contributed by atoms with Crippen molar-refractivity contribution in [2.75, 3.05) is 6.61 Å². The van der Waals surface area contributed by atoms with E-state index in [1.165, 1.54) is 0 Å². The minimum Gasteiger partial charge on any atom is -0.378 e. The fourth-order valence-electron chi connectivity index (χ4n) is 0.385. The zero-order valence-electron chi connectivity index (χ0n) is 6.35. The molecule has 0 radical (unpaired) electrons. The predicted octanol–water partition coefficient (Wildman–Crippen LogP) is 1.68. The average molecular weight is 126 g/mol. The van der Waals surface area contributed by atoms with Gasteiger partial charge in [-0.1, -0.05) is 0 Å². The smallest absolute Gasteiger partial charge is 0.0604 e. The molecule has 1 atom stereocenters. The van der Waals surface area contributed by atoms with E-state index in [1.54, 1.807) is 0 Å². The molecule has 52 valence electrons. The second-order valence-electron chi connectivity index (χ2n) is 2.45. The van der Waals surface area contributed by atoms with Crippen LogP contribution in [0.1, 0.15) is 20.8 Å². The Labute approximate surface area is 57.4 Å². The molecule has 0 fully saturated rings. The maximum atomic E-state index is 5.25. The third kappa shape index (κ3) is 5.39. The van der Waals surface area contributed by atoms with Gasteiger partial charge in [0.2, 0.25) is 0 Å². The maximum absolute atomic E-state index is 5.25. The molecule has 0 aromatic rings. The zero-order valence-corrected chi connectivity index (χ0v) is 6.35. The Morgan fingerprint density at radius 3 is 2.33 bits per heavy atom. The average Bonchev–Trinajstić information content (AvgIpc) is 1.83. The van der Waals surface area contributed by atoms with Crippen molar-refractivity contribution in [1.29, 1.82) is 0 Å². The van der Waals surface area contributed by atoms with E-state index in [0.717, 1.165) is 0 Å². The summed E-state index contributed by atoms with van der Waals surface area (Å²) >= 11 is 0. The van der Waals surface area contributed by atoms with Crippen LogP contribution in [0.15, 0.2) is 0 Å². The van der Waals surface area contributed by atoms with Crippen LogP contribution in [-0.2, 0) is 4.74 Å². The molecule has 0 aliphatic heterocycles. The van der Waals surface area contributed by atoms with E-state index >= 15 is 0 Å². The Kier molecular flexibility index (Phi) is 4.17. The molecule has 1 nitrogen and oxygen atoms in total. The van der Waals surface area contributed by atoms with E-state index < -0.39 is 0 Å². The highest BCUT2D eigenvalue weighted by Crippen LogP contribution is 1.95. The molecule has 0 N–H and O–H groups in total. The van der Waals surface area contributed by atoms with Crippen molar-refractivity contribution in [3.05, 3.63) is 0 Å². The lowest BCUT2D eigenvalue weighted by Crippen LogP contribution is -2.09. The highest BCUT2D eigenvalue weighted by Gasteiger charge is 1.97. The molecule has 1 heteroatoms. The van der Waals surface area contributed by atoms with Gasteiger partial charge in [-0.25, -0.2) is 0 Å². The quantitative estimate of drug-likeness (QED) is 0.523. The molecule has 0 aliphatic rings. The van der Waals surface area contributed by atoms with Gasteiger partial charge in [-0.05, 0) is 20.8 Å². The van der Waals surface area contributed by atoms with Gasteiger partial charge in [0.1, 0.15) is 0 Å². The number of hydrogen-bond donors (Lipinski definition) is 0. The van der Waals surface area contributed by atoms with E-state index in [0.29, 0.717) is 12.7 Å². The molecule has 0 heterocycles. The Balaban J connectivity index is 3.19. The van der Waals surface area contributed by atoms with Gasteiger partial charge in [0, 0.05) is 5.92 Å². The molecule has 0 rings (SSSR count). The van der Waals surface area contributed by atoms with Crippen molar-refractivity contribution >= 4 is 0 Å². The molecule has 0 bridgehead atoms. The molecule has 0 aliphatic carbocycles. The molecule has 1 unspecified atom stereocenters. The van der Waals surface area contributed by atoms with Gasteiger partial charge in [-0.2, -0.15) is 0 Å². The maximum Gasteiger partial charge on any atom is 0.0604 e. The zero-order chi connectivity index (χ0) is 7.28. The van der Waals surface area contributed by atoms with Gasteiger partial charge in [-0.3, -0.25) is 0 Å². The fourth-order valence-corrected chi connectivity index (χ4v) is 0.385. The van der Waals surface area contributed by atoms with E-state index in [9.17, 15) is 0 Å². The third-order valence-electron chi connectivity index (χ3n) is 0.964. The van der Waals surface area contributed by atoms with Crippen molar-refractivity contribution in [3.8, 4) is 12.3 Å². The summed E-state index contributed by atoms with van der Waals surface area (Å²) in [6, 6.07) is 0. The van der Waals surface area contributed by atoms with E-state index in [2.05, 4.69) is 5.92 Å². The lowest BCUT2D eigenvalue weighted by atomic mass is 10.2. The van der Waals surface area contributed by atoms with Crippen molar-refractivity contribution in [3.63, 3.8) is 0 Å². The molecule has 0 aromatic heterocycles. The summed E-state index contributed by atoms with van der Waals surface area (Å²) in [5.74, 6) is 2.84. The summed E-state index contributed by atoms with van der Waals surface area (Å²) in [7, 11) is 0. The number of hydrogen-bond acceptors (Lipinski definition) is 1. The highest BCUT2D eigenvalue weighted by molar-refractivity contribution is 4.89. The van der Waals surface area contributed by atoms with Crippen LogP contribution in [0.3, 0.4) is 0 Å². The van der Waals surface area contributed by atoms with Gasteiger partial charge >= 0.3 is 0 Å². The second kappa shape index (κ2) is 4.40. The van der Waals surface area contributed by atoms with Crippen LogP contribution in [0.25, 0.3) is 0 Å². The first-order valence-electron chi connectivity index (χ1n) is 3.24. The standard InChI is InChI=1S/C8H14O/c1-5-8(4)6-9-7(2)3/h1,7-8H,6H2,2-4H3. The molecule has 0 amide bonds. The summed E-state index contributed by atoms with van der Waals surface area (Å²) in [5, 5.41) is 0. The SMILES string of the molecule is C#CC(C)COC(C)C. The molecule has 0 aromatic carbocycles. The minimum absolute atomic E-state index is 0.243. The normalized spacial score (nSPS) is 13.2. The Morgan fingerprint density at radius 1 is 1.44 bits per heavy atom. The van der Waals surface area contributed by atoms with E-state index in [1.807, 2.05) is 20.8 Å². The number of terminal acetylenes is 1. The van der Waals surface area contributed by atoms with Gasteiger partial charge in [0.15, 0.2) is 0 Å². The molecule has 0 saturated heterocycles. The van der Waals surface area contributed by atoms with E-state index in [-0.39, 0.29) is 5.92 Å². The summed E-state index contributed by atoms with van der Waals surface area (Å²) < 4.78 is 5.25. The number of rotatable bonds is 3. The predicted molar refractivity (Wildman–Crippen MR) is 39.1 cm³/mol. The monoisotopic (exact) mass is 126 g/mol. The summed E-state index contributed by atoms with van der Waals surface area (Å²) in [6.45, 7) is 6.66. The van der Waals surface area contributed by atoms with Crippen LogP contribution >= 0.6 is 0 Å². The Hall–Kier alpha value is -0.480. The van der Waals surface area contributed by atoms with Crippen LogP contribution in [0.5, 0.6) is 0 Å². The summed E-state index contributed by atoms with van der Waals surface area (Å²) in [4.78, 5) is 0. The lowest BCUT2D eigenvalue weighted by molar-refractivity contribution is 0.0665. The van der Waals surface area contributed by atoms with Crippen LogP contribution in [-0.4, -0.2) is 12.7 Å². The Bertz CT molecular complexity index is 99.6. The van der Waals surface area contributed by atoms with Gasteiger partial charge < -0.3 is 4.74 Å². The second-order valence-corrected chi connectivity index (χ2v) is 2.45. The van der Waals surface area contributed by atoms with Crippen LogP contribution < -0.4 is 0 Å². The van der Waals surface area contributed by atoms with Gasteiger partial charge in [-0.15, -0.1) is 12.3 Å². The molecule has 9 heavy (non-hydrogen) atoms. The summed E-state index contributed by atoms with van der Waals surface area (Å²) in [6.07, 6.45) is 5.42. The highest BCUT2D eigenvalue weighted by atomic mass is 16.5. The van der Waals surface area contributed by atoms with Crippen LogP contribution in [0.4, 0.5) is 0 Å². The molecule has 0 saturated carbocycles. The fraction of sp³-hybridized carbons (Fsp3) is 0.750. The van der Waals surface area contributed by atoms with Crippen LogP contribution in [0, 0.1) is 18.3 Å². The Morgan fingerprint density at radius 2 is 2.00 bits per heavy atom. The molecule has 0 spiro atoms. The number of ether oxygens (including phenoxy) is 1. The van der Waals surface area contributed by atoms with Crippen LogP contribution in [0.2, 0.25) is 0 Å². The van der Waals surface area contributed by atoms with Crippen molar-refractivity contribution < 1.29 is 4.74 Å².